The van der Waals surface area contributed by atoms with Gasteiger partial charge in [-0.1, -0.05) is 0 Å². The first kappa shape index (κ1) is 13.9. The summed E-state index contributed by atoms with van der Waals surface area (Å²) in [4.78, 5) is 11.4. The highest BCUT2D eigenvalue weighted by atomic mass is 35.5. The van der Waals surface area contributed by atoms with Crippen LogP contribution in [0, 0.1) is 5.21 Å². The minimum Gasteiger partial charge on any atom is -0.617 e. The molecule has 94 valence electrons. The Morgan fingerprint density at radius 2 is 1.82 bits per heavy atom. The number of amides is 1. The molecule has 1 heterocycles. The summed E-state index contributed by atoms with van der Waals surface area (Å²) in [5.74, 6) is 0. The van der Waals surface area contributed by atoms with E-state index in [9.17, 15) is 10.0 Å². The van der Waals surface area contributed by atoms with E-state index >= 15 is 0 Å². The summed E-state index contributed by atoms with van der Waals surface area (Å²) >= 11 is 11.2. The summed E-state index contributed by atoms with van der Waals surface area (Å²) in [5.41, 5.74) is -0.313. The Kier molecular flexibility index (Phi) is 4.06. The first-order valence-electron chi connectivity index (χ1n) is 4.77. The second kappa shape index (κ2) is 4.98. The number of carbonyl (C=O) groups excluding carboxylic acids is 1. The molecule has 0 saturated heterocycles. The maximum Gasteiger partial charge on any atom is 0.412 e. The molecule has 17 heavy (non-hydrogen) atoms. The lowest BCUT2D eigenvalue weighted by atomic mass is 10.2. The Hall–Kier alpha value is -1.20. The van der Waals surface area contributed by atoms with Gasteiger partial charge in [-0.2, -0.15) is 0 Å². The molecule has 0 aromatic carbocycles. The highest BCUT2D eigenvalue weighted by Crippen LogP contribution is 2.18. The van der Waals surface area contributed by atoms with Gasteiger partial charge in [0, 0.05) is 12.1 Å². The predicted octanol–water partition coefficient (Wildman–Crippen LogP) is 2.97. The zero-order valence-corrected chi connectivity index (χ0v) is 11.1. The minimum absolute atomic E-state index is 0.136. The number of aromatic nitrogens is 1. The fraction of sp³-hybridized carbons (Fsp3) is 0.400. The van der Waals surface area contributed by atoms with Crippen LogP contribution >= 0.6 is 23.2 Å². The van der Waals surface area contributed by atoms with E-state index in [4.69, 9.17) is 27.9 Å². The molecule has 0 aliphatic rings. The van der Waals surface area contributed by atoms with Crippen molar-refractivity contribution >= 4 is 35.0 Å². The molecule has 0 fully saturated rings. The summed E-state index contributed by atoms with van der Waals surface area (Å²) in [6, 6.07) is 2.56. The van der Waals surface area contributed by atoms with E-state index in [0.717, 1.165) is 0 Å². The number of anilines is 1. The molecule has 0 saturated carbocycles. The molecule has 0 unspecified atom stereocenters. The van der Waals surface area contributed by atoms with Gasteiger partial charge in [0.2, 0.25) is 0 Å². The second-order valence-electron chi connectivity index (χ2n) is 4.31. The predicted molar refractivity (Wildman–Crippen MR) is 65.3 cm³/mol. The highest BCUT2D eigenvalue weighted by Gasteiger charge is 2.18. The molecular formula is C10H12Cl2N2O3. The summed E-state index contributed by atoms with van der Waals surface area (Å²) in [6.07, 6.45) is -0.645. The summed E-state index contributed by atoms with van der Waals surface area (Å²) in [6.45, 7) is 5.22. The molecule has 1 aromatic heterocycles. The third kappa shape index (κ3) is 4.28. The normalized spacial score (nSPS) is 11.1. The third-order valence-electron chi connectivity index (χ3n) is 1.58. The summed E-state index contributed by atoms with van der Waals surface area (Å²) in [5, 5.41) is 13.3. The van der Waals surface area contributed by atoms with Crippen molar-refractivity contribution in [2.45, 2.75) is 26.4 Å². The Labute approximate surface area is 109 Å². The molecule has 1 amide bonds. The monoisotopic (exact) mass is 278 g/mol. The van der Waals surface area contributed by atoms with E-state index in [1.165, 1.54) is 12.1 Å². The fourth-order valence-electron chi connectivity index (χ4n) is 1.01. The van der Waals surface area contributed by atoms with Crippen molar-refractivity contribution in [1.82, 2.24) is 0 Å². The van der Waals surface area contributed by atoms with Crippen LogP contribution in [0.15, 0.2) is 12.1 Å². The van der Waals surface area contributed by atoms with Gasteiger partial charge in [-0.3, -0.25) is 5.32 Å². The van der Waals surface area contributed by atoms with Crippen LogP contribution in [0.25, 0.3) is 0 Å². The number of halogens is 2. The standard InChI is InChI=1S/C10H12Cl2N2O3/c1-10(2,3)17-9(15)13-6-4-7(11)14(16)8(12)5-6/h4-5H,1-3H3,(H,13,15). The molecule has 7 heteroatoms. The van der Waals surface area contributed by atoms with Crippen LogP contribution < -0.4 is 10.0 Å². The second-order valence-corrected chi connectivity index (χ2v) is 5.09. The molecule has 1 rings (SSSR count). The maximum absolute atomic E-state index is 11.4. The number of rotatable bonds is 1. The van der Waals surface area contributed by atoms with Crippen molar-refractivity contribution < 1.29 is 14.3 Å². The van der Waals surface area contributed by atoms with Gasteiger partial charge in [-0.15, -0.1) is 4.73 Å². The lowest BCUT2D eigenvalue weighted by Gasteiger charge is -2.19. The van der Waals surface area contributed by atoms with Gasteiger partial charge in [0.25, 0.3) is 10.3 Å². The van der Waals surface area contributed by atoms with Crippen molar-refractivity contribution in [3.63, 3.8) is 0 Å². The van der Waals surface area contributed by atoms with Gasteiger partial charge in [0.1, 0.15) is 5.60 Å². The first-order valence-corrected chi connectivity index (χ1v) is 5.53. The van der Waals surface area contributed by atoms with Crippen LogP contribution in [0.2, 0.25) is 10.3 Å². The summed E-state index contributed by atoms with van der Waals surface area (Å²) < 4.78 is 5.37. The number of ether oxygens (including phenoxy) is 1. The topological polar surface area (TPSA) is 65.3 Å². The molecule has 0 radical (unpaired) electrons. The van der Waals surface area contributed by atoms with Crippen LogP contribution in [0.1, 0.15) is 20.8 Å². The Balaban J connectivity index is 2.79. The van der Waals surface area contributed by atoms with Gasteiger partial charge in [-0.05, 0) is 44.0 Å². The van der Waals surface area contributed by atoms with Gasteiger partial charge in [0.15, 0.2) is 0 Å². The van der Waals surface area contributed by atoms with Gasteiger partial charge in [0.05, 0.1) is 5.69 Å². The first-order chi connectivity index (χ1) is 7.69. The number of pyridine rings is 1. The van der Waals surface area contributed by atoms with E-state index in [-0.39, 0.29) is 10.3 Å². The Morgan fingerprint density at radius 1 is 1.35 bits per heavy atom. The number of hydrogen-bond acceptors (Lipinski definition) is 3. The van der Waals surface area contributed by atoms with E-state index in [1.807, 2.05) is 0 Å². The summed E-state index contributed by atoms with van der Waals surface area (Å²) in [7, 11) is 0. The number of nitrogens with one attached hydrogen (secondary N) is 1. The van der Waals surface area contributed by atoms with E-state index < -0.39 is 11.7 Å². The van der Waals surface area contributed by atoms with Crippen LogP contribution in [0.4, 0.5) is 10.5 Å². The largest absolute Gasteiger partial charge is 0.617 e. The molecule has 1 aromatic rings. The number of nitrogens with zero attached hydrogens (tertiary/aromatic N) is 1. The molecular weight excluding hydrogens is 267 g/mol. The zero-order chi connectivity index (χ0) is 13.2. The van der Waals surface area contributed by atoms with Crippen molar-refractivity contribution in [3.05, 3.63) is 27.6 Å². The Morgan fingerprint density at radius 3 is 2.24 bits per heavy atom. The van der Waals surface area contributed by atoms with Gasteiger partial charge >= 0.3 is 6.09 Å². The van der Waals surface area contributed by atoms with Crippen LogP contribution in [0.3, 0.4) is 0 Å². The molecule has 1 N–H and O–H groups in total. The molecule has 5 nitrogen and oxygen atoms in total. The SMILES string of the molecule is CC(C)(C)OC(=O)Nc1cc(Cl)[n+]([O-])c(Cl)c1. The quantitative estimate of drug-likeness (QED) is 0.488. The molecule has 0 atom stereocenters. The van der Waals surface area contributed by atoms with Crippen LogP contribution in [-0.2, 0) is 4.74 Å². The average Bonchev–Trinajstić information content (AvgIpc) is 2.10. The third-order valence-corrected chi connectivity index (χ3v) is 2.11. The van der Waals surface area contributed by atoms with Crippen molar-refractivity contribution in [1.29, 1.82) is 0 Å². The van der Waals surface area contributed by atoms with Crippen molar-refractivity contribution in [2.24, 2.45) is 0 Å². The minimum atomic E-state index is -0.645. The lowest BCUT2D eigenvalue weighted by molar-refractivity contribution is -0.600. The van der Waals surface area contributed by atoms with Gasteiger partial charge in [-0.25, -0.2) is 4.79 Å². The average molecular weight is 279 g/mol. The van der Waals surface area contributed by atoms with E-state index in [1.54, 1.807) is 20.8 Å². The molecule has 0 aliphatic heterocycles. The van der Waals surface area contributed by atoms with Crippen molar-refractivity contribution in [2.75, 3.05) is 5.32 Å². The van der Waals surface area contributed by atoms with Crippen LogP contribution in [0.5, 0.6) is 0 Å². The van der Waals surface area contributed by atoms with E-state index in [0.29, 0.717) is 10.4 Å². The molecule has 0 aliphatic carbocycles. The zero-order valence-electron chi connectivity index (χ0n) is 9.58. The Bertz CT molecular complexity index is 421. The number of carbonyl (C=O) groups is 1. The molecule has 0 bridgehead atoms. The fourth-order valence-corrected chi connectivity index (χ4v) is 1.47. The smallest absolute Gasteiger partial charge is 0.412 e. The van der Waals surface area contributed by atoms with Gasteiger partial charge < -0.3 is 9.94 Å². The maximum atomic E-state index is 11.4. The van der Waals surface area contributed by atoms with Crippen molar-refractivity contribution in [3.8, 4) is 0 Å². The van der Waals surface area contributed by atoms with E-state index in [2.05, 4.69) is 5.32 Å². The van der Waals surface area contributed by atoms with Crippen LogP contribution in [-0.4, -0.2) is 11.7 Å². The lowest BCUT2D eigenvalue weighted by Crippen LogP contribution is -2.30. The number of hydrogen-bond donors (Lipinski definition) is 1. The highest BCUT2D eigenvalue weighted by molar-refractivity contribution is 6.31. The molecule has 0 spiro atoms.